The van der Waals surface area contributed by atoms with Gasteiger partial charge in [0.2, 0.25) is 5.78 Å². The molecular formula is C21H27NO5. The summed E-state index contributed by atoms with van der Waals surface area (Å²) in [7, 11) is 8.57. The molecule has 6 nitrogen and oxygen atoms in total. The van der Waals surface area contributed by atoms with Crippen molar-refractivity contribution in [1.82, 2.24) is 4.90 Å². The quantitative estimate of drug-likeness (QED) is 0.807. The van der Waals surface area contributed by atoms with Crippen molar-refractivity contribution in [2.45, 2.75) is 30.7 Å². The highest BCUT2D eigenvalue weighted by Crippen LogP contribution is 2.57. The fourth-order valence-electron chi connectivity index (χ4n) is 5.42. The Morgan fingerprint density at radius 3 is 2.37 bits per heavy atom. The molecular weight excluding hydrogens is 346 g/mol. The summed E-state index contributed by atoms with van der Waals surface area (Å²) in [5.74, 6) is 2.36. The molecule has 1 heterocycles. The van der Waals surface area contributed by atoms with Crippen molar-refractivity contribution in [3.63, 3.8) is 0 Å². The molecule has 146 valence electrons. The number of piperidine rings is 1. The number of rotatable bonds is 4. The van der Waals surface area contributed by atoms with Crippen molar-refractivity contribution in [3.8, 4) is 11.5 Å². The van der Waals surface area contributed by atoms with Crippen LogP contribution in [0.15, 0.2) is 23.7 Å². The van der Waals surface area contributed by atoms with E-state index < -0.39 is 0 Å². The summed E-state index contributed by atoms with van der Waals surface area (Å²) in [6, 6.07) is 4.28. The number of ether oxygens (including phenoxy) is 4. The summed E-state index contributed by atoms with van der Waals surface area (Å²) < 4.78 is 22.2. The molecule has 1 aromatic carbocycles. The maximum Gasteiger partial charge on any atom is 0.206 e. The van der Waals surface area contributed by atoms with Crippen LogP contribution < -0.4 is 9.47 Å². The van der Waals surface area contributed by atoms with E-state index in [9.17, 15) is 4.79 Å². The van der Waals surface area contributed by atoms with Crippen LogP contribution in [0.4, 0.5) is 0 Å². The third kappa shape index (κ3) is 2.39. The van der Waals surface area contributed by atoms with Gasteiger partial charge in [0.15, 0.2) is 17.3 Å². The van der Waals surface area contributed by atoms with Gasteiger partial charge in [0.05, 0.1) is 34.4 Å². The molecule has 1 fully saturated rings. The maximum absolute atomic E-state index is 13.5. The lowest BCUT2D eigenvalue weighted by atomic mass is 9.52. The van der Waals surface area contributed by atoms with Crippen LogP contribution in [0, 0.1) is 5.92 Å². The van der Waals surface area contributed by atoms with Crippen LogP contribution in [0.1, 0.15) is 24.0 Å². The molecule has 0 saturated carbocycles. The first kappa shape index (κ1) is 18.2. The molecule has 0 radical (unpaired) electrons. The van der Waals surface area contributed by atoms with Crippen molar-refractivity contribution in [1.29, 1.82) is 0 Å². The van der Waals surface area contributed by atoms with E-state index in [-0.39, 0.29) is 23.2 Å². The van der Waals surface area contributed by atoms with Gasteiger partial charge in [-0.15, -0.1) is 0 Å². The van der Waals surface area contributed by atoms with Gasteiger partial charge in [-0.2, -0.15) is 0 Å². The molecule has 4 rings (SSSR count). The molecule has 3 aliphatic rings. The van der Waals surface area contributed by atoms with Crippen molar-refractivity contribution < 1.29 is 23.7 Å². The second-order valence-corrected chi connectivity index (χ2v) is 7.70. The largest absolute Gasteiger partial charge is 0.497 e. The Balaban J connectivity index is 1.96. The van der Waals surface area contributed by atoms with Gasteiger partial charge < -0.3 is 23.8 Å². The highest BCUT2D eigenvalue weighted by molar-refractivity contribution is 5.99. The number of ketones is 1. The number of likely N-dealkylation sites (N-methyl/N-ethyl adjacent to an activating group) is 1. The Morgan fingerprint density at radius 2 is 1.74 bits per heavy atom. The average molecular weight is 373 g/mol. The lowest BCUT2D eigenvalue weighted by Crippen LogP contribution is -2.63. The van der Waals surface area contributed by atoms with Crippen LogP contribution in [0.5, 0.6) is 11.5 Å². The molecule has 2 bridgehead atoms. The van der Waals surface area contributed by atoms with Gasteiger partial charge in [0, 0.05) is 17.9 Å². The van der Waals surface area contributed by atoms with Gasteiger partial charge in [0.25, 0.3) is 0 Å². The molecule has 0 spiro atoms. The first-order chi connectivity index (χ1) is 13.0. The topological polar surface area (TPSA) is 57.2 Å². The summed E-state index contributed by atoms with van der Waals surface area (Å²) in [4.78, 5) is 15.8. The van der Waals surface area contributed by atoms with Crippen LogP contribution in [0.2, 0.25) is 0 Å². The van der Waals surface area contributed by atoms with Gasteiger partial charge in [-0.1, -0.05) is 0 Å². The van der Waals surface area contributed by atoms with E-state index in [1.807, 2.05) is 0 Å². The Morgan fingerprint density at radius 1 is 1.04 bits per heavy atom. The van der Waals surface area contributed by atoms with Gasteiger partial charge >= 0.3 is 0 Å². The molecule has 0 amide bonds. The van der Waals surface area contributed by atoms with E-state index in [0.29, 0.717) is 23.7 Å². The Hall–Kier alpha value is -2.21. The molecule has 3 atom stereocenters. The van der Waals surface area contributed by atoms with Crippen molar-refractivity contribution in [2.75, 3.05) is 42.0 Å². The maximum atomic E-state index is 13.5. The molecule has 0 unspecified atom stereocenters. The van der Waals surface area contributed by atoms with E-state index in [1.54, 1.807) is 28.4 Å². The normalized spacial score (nSPS) is 29.7. The highest BCUT2D eigenvalue weighted by Gasteiger charge is 2.59. The zero-order valence-electron chi connectivity index (χ0n) is 16.6. The lowest BCUT2D eigenvalue weighted by molar-refractivity contribution is -0.133. The Bertz CT molecular complexity index is 817. The number of benzene rings is 1. The van der Waals surface area contributed by atoms with Crippen molar-refractivity contribution >= 4 is 5.78 Å². The summed E-state index contributed by atoms with van der Waals surface area (Å²) in [6.07, 6.45) is 2.36. The van der Waals surface area contributed by atoms with E-state index in [0.717, 1.165) is 25.1 Å². The summed E-state index contributed by atoms with van der Waals surface area (Å²) in [6.45, 7) is 0.946. The number of likely N-dealkylation sites (tertiary alicyclic amines) is 1. The third-order valence-corrected chi connectivity index (χ3v) is 6.72. The zero-order chi connectivity index (χ0) is 19.3. The molecule has 0 aromatic heterocycles. The molecule has 2 aliphatic carbocycles. The fourth-order valence-corrected chi connectivity index (χ4v) is 5.42. The molecule has 1 aromatic rings. The van der Waals surface area contributed by atoms with Gasteiger partial charge in [-0.25, -0.2) is 0 Å². The first-order valence-corrected chi connectivity index (χ1v) is 9.31. The first-order valence-electron chi connectivity index (χ1n) is 9.31. The molecule has 1 aliphatic heterocycles. The number of hydrogen-bond donors (Lipinski definition) is 0. The third-order valence-electron chi connectivity index (χ3n) is 6.72. The monoisotopic (exact) mass is 373 g/mol. The summed E-state index contributed by atoms with van der Waals surface area (Å²) in [5.41, 5.74) is 2.12. The second-order valence-electron chi connectivity index (χ2n) is 7.70. The van der Waals surface area contributed by atoms with Crippen LogP contribution in [-0.4, -0.2) is 58.8 Å². The van der Waals surface area contributed by atoms with E-state index >= 15 is 0 Å². The lowest BCUT2D eigenvalue weighted by Gasteiger charge is -2.57. The number of allylic oxidation sites excluding steroid dienone is 2. The highest BCUT2D eigenvalue weighted by atomic mass is 16.5. The van der Waals surface area contributed by atoms with Crippen molar-refractivity contribution in [3.05, 3.63) is 34.8 Å². The Kier molecular flexibility index (Phi) is 4.34. The standard InChI is InChI=1S/C21H27NO5/c1-22-7-6-21-11-17(26-4)20(27-5)19(23)18(21)14(22)8-12-9-15(24-2)16(25-3)10-13(12)21/h9-10,14,18H,6-8,11H2,1-5H3/t14-,18+,21-/m0/s1. The number of Topliss-reactive ketones (excluding diaryl/α,β-unsaturated/α-hetero) is 1. The number of carbonyl (C=O) groups is 1. The van der Waals surface area contributed by atoms with Crippen molar-refractivity contribution in [2.24, 2.45) is 5.92 Å². The van der Waals surface area contributed by atoms with Crippen LogP contribution in [0.3, 0.4) is 0 Å². The predicted molar refractivity (Wildman–Crippen MR) is 100 cm³/mol. The fraction of sp³-hybridized carbons (Fsp3) is 0.571. The summed E-state index contributed by atoms with van der Waals surface area (Å²) >= 11 is 0. The van der Waals surface area contributed by atoms with E-state index in [2.05, 4.69) is 24.1 Å². The van der Waals surface area contributed by atoms with E-state index in [4.69, 9.17) is 18.9 Å². The van der Waals surface area contributed by atoms with Crippen LogP contribution in [-0.2, 0) is 26.1 Å². The molecule has 27 heavy (non-hydrogen) atoms. The molecule has 6 heteroatoms. The van der Waals surface area contributed by atoms with Gasteiger partial charge in [-0.05, 0) is 49.7 Å². The van der Waals surface area contributed by atoms with Crippen LogP contribution in [0.25, 0.3) is 0 Å². The average Bonchev–Trinajstić information content (AvgIpc) is 2.69. The van der Waals surface area contributed by atoms with Gasteiger partial charge in [0.1, 0.15) is 5.76 Å². The number of carbonyl (C=O) groups excluding carboxylic acids is 1. The Labute approximate surface area is 160 Å². The van der Waals surface area contributed by atoms with Gasteiger partial charge in [-0.3, -0.25) is 4.79 Å². The number of hydrogen-bond acceptors (Lipinski definition) is 6. The minimum Gasteiger partial charge on any atom is -0.497 e. The second kappa shape index (κ2) is 6.44. The smallest absolute Gasteiger partial charge is 0.206 e. The molecule has 0 N–H and O–H groups in total. The number of methoxy groups -OCH3 is 4. The molecule has 1 saturated heterocycles. The predicted octanol–water partition coefficient (Wildman–Crippen LogP) is 2.30. The SMILES string of the molecule is COC1=C(OC)C(=O)[C@H]2[C@@H]3Cc4cc(OC)c(OC)cc4[C@]2(CCN3C)C1. The zero-order valence-corrected chi connectivity index (χ0v) is 16.6. The van der Waals surface area contributed by atoms with E-state index in [1.165, 1.54) is 11.1 Å². The minimum absolute atomic E-state index is 0.0533. The number of nitrogens with zero attached hydrogens (tertiary/aromatic N) is 1. The van der Waals surface area contributed by atoms with Crippen LogP contribution >= 0.6 is 0 Å². The number of fused-ring (bicyclic) bond motifs is 1. The summed E-state index contributed by atoms with van der Waals surface area (Å²) in [5, 5.41) is 0. The minimum atomic E-state index is -0.297.